The molecule has 0 aliphatic rings. The second-order valence-electron chi connectivity index (χ2n) is 8.04. The number of ether oxygens (including phenoxy) is 1. The van der Waals surface area contributed by atoms with Crippen LogP contribution in [0.1, 0.15) is 5.56 Å². The number of hydrogen-bond acceptors (Lipinski definition) is 5. The van der Waals surface area contributed by atoms with Gasteiger partial charge in [0, 0.05) is 26.7 Å². The molecular weight excluding hydrogens is 517 g/mol. The Balaban J connectivity index is 1.27. The first kappa shape index (κ1) is 24.1. The Kier molecular flexibility index (Phi) is 6.78. The summed E-state index contributed by atoms with van der Waals surface area (Å²) in [4.78, 5) is 16.9. The number of amides is 1. The van der Waals surface area contributed by atoms with Crippen LogP contribution in [-0.2, 0) is 4.79 Å². The fraction of sp³-hybridized carbons (Fsp3) is 0.0741. The lowest BCUT2D eigenvalue weighted by Crippen LogP contribution is -2.37. The van der Waals surface area contributed by atoms with Crippen LogP contribution in [0.25, 0.3) is 33.3 Å². The maximum absolute atomic E-state index is 12.3. The number of halogens is 2. The molecule has 0 aliphatic heterocycles. The highest BCUT2D eigenvalue weighted by atomic mass is 35.5. The number of nitrogens with zero attached hydrogens (tertiary/aromatic N) is 1. The molecule has 1 heterocycles. The molecule has 1 amide bonds. The quantitative estimate of drug-likeness (QED) is 0.232. The summed E-state index contributed by atoms with van der Waals surface area (Å²) in [5.41, 5.74) is 3.60. The van der Waals surface area contributed by atoms with E-state index in [1.54, 1.807) is 36.4 Å². The van der Waals surface area contributed by atoms with Crippen molar-refractivity contribution >= 4 is 74.0 Å². The molecule has 2 N–H and O–H groups in total. The zero-order chi connectivity index (χ0) is 25.2. The van der Waals surface area contributed by atoms with Crippen molar-refractivity contribution in [2.75, 3.05) is 11.9 Å². The smallest absolute Gasteiger partial charge is 0.264 e. The predicted octanol–water partition coefficient (Wildman–Crippen LogP) is 7.16. The van der Waals surface area contributed by atoms with Gasteiger partial charge >= 0.3 is 0 Å². The third kappa shape index (κ3) is 5.14. The van der Waals surface area contributed by atoms with Gasteiger partial charge in [-0.3, -0.25) is 10.1 Å². The molecule has 36 heavy (non-hydrogen) atoms. The molecule has 0 aliphatic carbocycles. The number of oxazole rings is 1. The molecule has 5 rings (SSSR count). The highest BCUT2D eigenvalue weighted by molar-refractivity contribution is 7.80. The minimum Gasteiger partial charge on any atom is -0.483 e. The number of aromatic nitrogens is 1. The summed E-state index contributed by atoms with van der Waals surface area (Å²) in [6, 6.07) is 22.1. The second kappa shape index (κ2) is 10.1. The molecule has 0 fully saturated rings. The van der Waals surface area contributed by atoms with Crippen LogP contribution in [0, 0.1) is 6.92 Å². The van der Waals surface area contributed by atoms with Crippen LogP contribution in [-0.4, -0.2) is 22.6 Å². The van der Waals surface area contributed by atoms with E-state index < -0.39 is 0 Å². The van der Waals surface area contributed by atoms with Crippen LogP contribution in [0.3, 0.4) is 0 Å². The number of aryl methyl sites for hydroxylation is 1. The Bertz CT molecular complexity index is 1630. The summed E-state index contributed by atoms with van der Waals surface area (Å²) in [7, 11) is 0. The van der Waals surface area contributed by atoms with Gasteiger partial charge in [0.15, 0.2) is 17.3 Å². The molecule has 4 aromatic carbocycles. The molecule has 1 aromatic heterocycles. The highest BCUT2D eigenvalue weighted by Gasteiger charge is 2.14. The van der Waals surface area contributed by atoms with E-state index in [2.05, 4.69) is 15.6 Å². The van der Waals surface area contributed by atoms with Gasteiger partial charge < -0.3 is 14.5 Å². The van der Waals surface area contributed by atoms with Gasteiger partial charge in [0.2, 0.25) is 5.89 Å². The standard InChI is InChI=1S/C27H19Cl2N3O3S/c1-15-12-16(28)8-10-23(15)34-14-25(33)32-27(36)30-17-9-11-24-22(13-17)31-26(35-24)20-6-2-5-19-18(20)4-3-7-21(19)29/h2-13H,14H2,1H3,(H2,30,32,33,36). The molecule has 0 bridgehead atoms. The average molecular weight is 536 g/mol. The SMILES string of the molecule is Cc1cc(Cl)ccc1OCC(=O)NC(=S)Nc1ccc2oc(-c3cccc4c(Cl)cccc34)nc2c1. The number of anilines is 1. The Morgan fingerprint density at radius 2 is 1.83 bits per heavy atom. The normalized spacial score (nSPS) is 11.0. The summed E-state index contributed by atoms with van der Waals surface area (Å²) >= 11 is 17.6. The fourth-order valence-electron chi connectivity index (χ4n) is 3.82. The van der Waals surface area contributed by atoms with Crippen molar-refractivity contribution in [3.8, 4) is 17.2 Å². The zero-order valence-corrected chi connectivity index (χ0v) is 21.3. The van der Waals surface area contributed by atoms with E-state index in [0.717, 1.165) is 21.9 Å². The molecule has 180 valence electrons. The van der Waals surface area contributed by atoms with E-state index in [4.69, 9.17) is 44.6 Å². The number of benzene rings is 4. The van der Waals surface area contributed by atoms with Gasteiger partial charge in [0.05, 0.1) is 0 Å². The molecule has 0 saturated heterocycles. The third-order valence-corrected chi connectivity index (χ3v) is 6.26. The number of fused-ring (bicyclic) bond motifs is 2. The molecule has 0 saturated carbocycles. The fourth-order valence-corrected chi connectivity index (χ4v) is 4.52. The van der Waals surface area contributed by atoms with E-state index in [0.29, 0.717) is 38.5 Å². The van der Waals surface area contributed by atoms with Crippen molar-refractivity contribution in [3.05, 3.63) is 88.4 Å². The van der Waals surface area contributed by atoms with Crippen molar-refractivity contribution in [2.24, 2.45) is 0 Å². The lowest BCUT2D eigenvalue weighted by Gasteiger charge is -2.11. The Labute approximate surface area is 222 Å². The molecule has 6 nitrogen and oxygen atoms in total. The molecule has 0 spiro atoms. The van der Waals surface area contributed by atoms with Gasteiger partial charge in [-0.25, -0.2) is 4.98 Å². The van der Waals surface area contributed by atoms with Crippen LogP contribution in [0.4, 0.5) is 5.69 Å². The minimum atomic E-state index is -0.388. The summed E-state index contributed by atoms with van der Waals surface area (Å²) in [5.74, 6) is 0.677. The van der Waals surface area contributed by atoms with Crippen LogP contribution in [0.15, 0.2) is 77.2 Å². The van der Waals surface area contributed by atoms with Gasteiger partial charge in [-0.15, -0.1) is 0 Å². The van der Waals surface area contributed by atoms with Gasteiger partial charge in [-0.1, -0.05) is 47.5 Å². The molecule has 5 aromatic rings. The number of nitrogens with one attached hydrogen (secondary N) is 2. The van der Waals surface area contributed by atoms with Crippen molar-refractivity contribution in [3.63, 3.8) is 0 Å². The highest BCUT2D eigenvalue weighted by Crippen LogP contribution is 2.34. The summed E-state index contributed by atoms with van der Waals surface area (Å²) in [5, 5.41) is 8.90. The lowest BCUT2D eigenvalue weighted by atomic mass is 10.0. The molecule has 0 unspecified atom stereocenters. The first-order valence-corrected chi connectivity index (χ1v) is 12.1. The summed E-state index contributed by atoms with van der Waals surface area (Å²) in [6.07, 6.45) is 0. The Morgan fingerprint density at radius 3 is 2.67 bits per heavy atom. The Morgan fingerprint density at radius 1 is 1.03 bits per heavy atom. The number of carbonyl (C=O) groups excluding carboxylic acids is 1. The van der Waals surface area contributed by atoms with Gasteiger partial charge in [0.25, 0.3) is 5.91 Å². The molecule has 0 radical (unpaired) electrons. The predicted molar refractivity (Wildman–Crippen MR) is 148 cm³/mol. The van der Waals surface area contributed by atoms with Gasteiger partial charge in [-0.2, -0.15) is 0 Å². The number of rotatable bonds is 5. The van der Waals surface area contributed by atoms with E-state index in [-0.39, 0.29) is 17.6 Å². The van der Waals surface area contributed by atoms with Crippen LogP contribution >= 0.6 is 35.4 Å². The van der Waals surface area contributed by atoms with Crippen molar-refractivity contribution in [1.82, 2.24) is 10.3 Å². The topological polar surface area (TPSA) is 76.4 Å². The maximum Gasteiger partial charge on any atom is 0.264 e. The van der Waals surface area contributed by atoms with Gasteiger partial charge in [0.1, 0.15) is 11.3 Å². The molecular formula is C27H19Cl2N3O3S. The van der Waals surface area contributed by atoms with Crippen LogP contribution < -0.4 is 15.4 Å². The number of carbonyl (C=O) groups is 1. The van der Waals surface area contributed by atoms with Crippen molar-refractivity contribution in [2.45, 2.75) is 6.92 Å². The van der Waals surface area contributed by atoms with Crippen LogP contribution in [0.2, 0.25) is 10.0 Å². The zero-order valence-electron chi connectivity index (χ0n) is 19.0. The maximum atomic E-state index is 12.3. The lowest BCUT2D eigenvalue weighted by molar-refractivity contribution is -0.121. The van der Waals surface area contributed by atoms with E-state index in [9.17, 15) is 4.79 Å². The van der Waals surface area contributed by atoms with E-state index in [1.807, 2.05) is 43.3 Å². The summed E-state index contributed by atoms with van der Waals surface area (Å²) < 4.78 is 11.6. The number of hydrogen-bond donors (Lipinski definition) is 2. The Hall–Kier alpha value is -3.65. The third-order valence-electron chi connectivity index (χ3n) is 5.49. The molecule has 0 atom stereocenters. The van der Waals surface area contributed by atoms with Crippen molar-refractivity contribution < 1.29 is 13.9 Å². The van der Waals surface area contributed by atoms with E-state index in [1.165, 1.54) is 0 Å². The minimum absolute atomic E-state index is 0.142. The first-order valence-electron chi connectivity index (χ1n) is 11.0. The largest absolute Gasteiger partial charge is 0.483 e. The summed E-state index contributed by atoms with van der Waals surface area (Å²) in [6.45, 7) is 1.66. The monoisotopic (exact) mass is 535 g/mol. The molecule has 9 heteroatoms. The van der Waals surface area contributed by atoms with Gasteiger partial charge in [-0.05, 0) is 78.6 Å². The number of thiocarbonyl (C=S) groups is 1. The average Bonchev–Trinajstić information content (AvgIpc) is 3.26. The second-order valence-corrected chi connectivity index (χ2v) is 9.29. The van der Waals surface area contributed by atoms with Crippen molar-refractivity contribution in [1.29, 1.82) is 0 Å². The van der Waals surface area contributed by atoms with Crippen LogP contribution in [0.5, 0.6) is 5.75 Å². The van der Waals surface area contributed by atoms with E-state index >= 15 is 0 Å². The first-order chi connectivity index (χ1) is 17.4.